The monoisotopic (exact) mass is 214 g/mol. The lowest BCUT2D eigenvalue weighted by Crippen LogP contribution is -2.44. The number of hydrogen-bond donors (Lipinski definition) is 3. The molecule has 1 saturated heterocycles. The Morgan fingerprint density at radius 3 is 2.87 bits per heavy atom. The predicted molar refractivity (Wildman–Crippen MR) is 59.5 cm³/mol. The van der Waals surface area contributed by atoms with Gasteiger partial charge >= 0.3 is 0 Å². The average Bonchev–Trinajstić information content (AvgIpc) is 2.60. The van der Waals surface area contributed by atoms with Crippen LogP contribution < -0.4 is 10.6 Å². The summed E-state index contributed by atoms with van der Waals surface area (Å²) in [6.07, 6.45) is 2.18. The molecule has 1 aliphatic heterocycles. The van der Waals surface area contributed by atoms with Crippen LogP contribution in [-0.2, 0) is 4.79 Å². The minimum Gasteiger partial charge on any atom is -0.387 e. The second kappa shape index (κ2) is 5.47. The molecule has 0 aliphatic carbocycles. The van der Waals surface area contributed by atoms with Gasteiger partial charge in [0.15, 0.2) is 0 Å². The van der Waals surface area contributed by atoms with Gasteiger partial charge in [0.25, 0.3) is 0 Å². The van der Waals surface area contributed by atoms with Gasteiger partial charge in [0.05, 0.1) is 5.60 Å². The van der Waals surface area contributed by atoms with E-state index in [1.807, 2.05) is 0 Å². The minimum atomic E-state index is -0.729. The van der Waals surface area contributed by atoms with Crippen molar-refractivity contribution in [2.24, 2.45) is 5.92 Å². The first-order valence-electron chi connectivity index (χ1n) is 5.72. The molecule has 1 rings (SSSR count). The largest absolute Gasteiger partial charge is 0.387 e. The first-order chi connectivity index (χ1) is 7.02. The fourth-order valence-corrected chi connectivity index (χ4v) is 1.65. The fourth-order valence-electron chi connectivity index (χ4n) is 1.65. The molecule has 0 spiro atoms. The van der Waals surface area contributed by atoms with E-state index in [1.54, 1.807) is 0 Å². The van der Waals surface area contributed by atoms with Gasteiger partial charge in [-0.3, -0.25) is 4.79 Å². The number of β-amino-alcohol motifs (C(OH)–C–C–N with tert-alkyl or cyclic N) is 1. The molecule has 88 valence electrons. The van der Waals surface area contributed by atoms with Crippen LogP contribution in [0.15, 0.2) is 0 Å². The molecule has 0 bridgehead atoms. The zero-order valence-electron chi connectivity index (χ0n) is 9.68. The van der Waals surface area contributed by atoms with E-state index in [0.717, 1.165) is 19.4 Å². The van der Waals surface area contributed by atoms with Crippen molar-refractivity contribution in [3.05, 3.63) is 0 Å². The second-order valence-corrected chi connectivity index (χ2v) is 4.86. The molecule has 1 fully saturated rings. The molecule has 0 aromatic heterocycles. The molecule has 0 aromatic rings. The smallest absolute Gasteiger partial charge is 0.220 e. The van der Waals surface area contributed by atoms with Crippen molar-refractivity contribution in [1.29, 1.82) is 0 Å². The lowest BCUT2D eigenvalue weighted by atomic mass is 10.0. The topological polar surface area (TPSA) is 61.4 Å². The van der Waals surface area contributed by atoms with Gasteiger partial charge in [-0.1, -0.05) is 13.8 Å². The SMILES string of the molecule is CC(C)CCC(=O)NCC1(O)CCNC1. The number of aliphatic hydroxyl groups is 1. The van der Waals surface area contributed by atoms with Crippen LogP contribution >= 0.6 is 0 Å². The summed E-state index contributed by atoms with van der Waals surface area (Å²) < 4.78 is 0. The van der Waals surface area contributed by atoms with Gasteiger partial charge in [0.2, 0.25) is 5.91 Å². The van der Waals surface area contributed by atoms with E-state index in [1.165, 1.54) is 0 Å². The van der Waals surface area contributed by atoms with E-state index < -0.39 is 5.60 Å². The maximum absolute atomic E-state index is 11.4. The Balaban J connectivity index is 2.16. The highest BCUT2D eigenvalue weighted by molar-refractivity contribution is 5.75. The van der Waals surface area contributed by atoms with Crippen molar-refractivity contribution in [3.8, 4) is 0 Å². The number of hydrogen-bond acceptors (Lipinski definition) is 3. The molecule has 4 nitrogen and oxygen atoms in total. The normalized spacial score (nSPS) is 25.9. The van der Waals surface area contributed by atoms with Crippen LogP contribution in [0.3, 0.4) is 0 Å². The third-order valence-electron chi connectivity index (χ3n) is 2.78. The number of carbonyl (C=O) groups is 1. The predicted octanol–water partition coefficient (Wildman–Crippen LogP) is 0.263. The molecular weight excluding hydrogens is 192 g/mol. The van der Waals surface area contributed by atoms with E-state index in [-0.39, 0.29) is 5.91 Å². The average molecular weight is 214 g/mol. The molecule has 0 radical (unpaired) electrons. The third kappa shape index (κ3) is 4.62. The summed E-state index contributed by atoms with van der Waals surface area (Å²) >= 11 is 0. The lowest BCUT2D eigenvalue weighted by molar-refractivity contribution is -0.122. The number of amides is 1. The quantitative estimate of drug-likeness (QED) is 0.615. The maximum Gasteiger partial charge on any atom is 0.220 e. The summed E-state index contributed by atoms with van der Waals surface area (Å²) in [5, 5.41) is 15.8. The molecule has 0 aromatic carbocycles. The van der Waals surface area contributed by atoms with Crippen LogP contribution in [0.25, 0.3) is 0 Å². The molecule has 1 unspecified atom stereocenters. The van der Waals surface area contributed by atoms with Gasteiger partial charge in [-0.2, -0.15) is 0 Å². The molecule has 0 saturated carbocycles. The highest BCUT2D eigenvalue weighted by Crippen LogP contribution is 2.12. The highest BCUT2D eigenvalue weighted by atomic mass is 16.3. The number of rotatable bonds is 5. The standard InChI is InChI=1S/C11H22N2O2/c1-9(2)3-4-10(14)13-8-11(15)5-6-12-7-11/h9,12,15H,3-8H2,1-2H3,(H,13,14). The second-order valence-electron chi connectivity index (χ2n) is 4.86. The first-order valence-corrected chi connectivity index (χ1v) is 5.72. The van der Waals surface area contributed by atoms with Gasteiger partial charge in [-0.05, 0) is 25.3 Å². The van der Waals surface area contributed by atoms with Crippen LogP contribution in [0, 0.1) is 5.92 Å². The Labute approximate surface area is 91.4 Å². The Morgan fingerprint density at radius 2 is 2.33 bits per heavy atom. The molecule has 3 N–H and O–H groups in total. The van der Waals surface area contributed by atoms with Crippen LogP contribution in [0.1, 0.15) is 33.1 Å². The first kappa shape index (κ1) is 12.5. The Bertz CT molecular complexity index is 211. The summed E-state index contributed by atoms with van der Waals surface area (Å²) in [6, 6.07) is 0. The van der Waals surface area contributed by atoms with Gasteiger partial charge < -0.3 is 15.7 Å². The molecule has 1 aliphatic rings. The molecular formula is C11H22N2O2. The lowest BCUT2D eigenvalue weighted by Gasteiger charge is -2.21. The van der Waals surface area contributed by atoms with E-state index in [9.17, 15) is 9.90 Å². The van der Waals surface area contributed by atoms with E-state index in [0.29, 0.717) is 25.4 Å². The van der Waals surface area contributed by atoms with Crippen molar-refractivity contribution in [2.45, 2.75) is 38.7 Å². The zero-order valence-corrected chi connectivity index (χ0v) is 9.68. The van der Waals surface area contributed by atoms with Crippen LogP contribution in [0.5, 0.6) is 0 Å². The van der Waals surface area contributed by atoms with Crippen molar-refractivity contribution < 1.29 is 9.90 Å². The number of carbonyl (C=O) groups excluding carboxylic acids is 1. The van der Waals surface area contributed by atoms with E-state index in [2.05, 4.69) is 24.5 Å². The summed E-state index contributed by atoms with van der Waals surface area (Å²) in [4.78, 5) is 11.4. The van der Waals surface area contributed by atoms with Gasteiger partial charge in [-0.15, -0.1) is 0 Å². The molecule has 15 heavy (non-hydrogen) atoms. The summed E-state index contributed by atoms with van der Waals surface area (Å²) in [7, 11) is 0. The molecule has 1 amide bonds. The van der Waals surface area contributed by atoms with Crippen LogP contribution in [0.4, 0.5) is 0 Å². The van der Waals surface area contributed by atoms with Gasteiger partial charge in [0.1, 0.15) is 0 Å². The Morgan fingerprint density at radius 1 is 1.60 bits per heavy atom. The van der Waals surface area contributed by atoms with E-state index >= 15 is 0 Å². The molecule has 1 heterocycles. The van der Waals surface area contributed by atoms with Gasteiger partial charge in [-0.25, -0.2) is 0 Å². The third-order valence-corrected chi connectivity index (χ3v) is 2.78. The minimum absolute atomic E-state index is 0.0454. The zero-order chi connectivity index (χ0) is 11.3. The molecule has 4 heteroatoms. The van der Waals surface area contributed by atoms with Crippen LogP contribution in [0.2, 0.25) is 0 Å². The highest BCUT2D eigenvalue weighted by Gasteiger charge is 2.30. The van der Waals surface area contributed by atoms with Crippen molar-refractivity contribution in [1.82, 2.24) is 10.6 Å². The fraction of sp³-hybridized carbons (Fsp3) is 0.909. The Kier molecular flexibility index (Phi) is 4.54. The molecule has 1 atom stereocenters. The van der Waals surface area contributed by atoms with Crippen LogP contribution in [-0.4, -0.2) is 36.2 Å². The summed E-state index contributed by atoms with van der Waals surface area (Å²) in [5.41, 5.74) is -0.729. The van der Waals surface area contributed by atoms with Crippen molar-refractivity contribution in [2.75, 3.05) is 19.6 Å². The summed E-state index contributed by atoms with van der Waals surface area (Å²) in [6.45, 7) is 5.98. The Hall–Kier alpha value is -0.610. The van der Waals surface area contributed by atoms with Crippen molar-refractivity contribution in [3.63, 3.8) is 0 Å². The maximum atomic E-state index is 11.4. The number of nitrogens with one attached hydrogen (secondary N) is 2. The summed E-state index contributed by atoms with van der Waals surface area (Å²) in [5.74, 6) is 0.594. The van der Waals surface area contributed by atoms with E-state index in [4.69, 9.17) is 0 Å². The van der Waals surface area contributed by atoms with Crippen molar-refractivity contribution >= 4 is 5.91 Å². The van der Waals surface area contributed by atoms with Gasteiger partial charge in [0, 0.05) is 19.5 Å².